The molecule has 0 bridgehead atoms. The Hall–Kier alpha value is -2.19. The molecule has 3 aromatic rings. The minimum absolute atomic E-state index is 0.402. The molecular weight excluding hydrogens is 362 g/mol. The number of anilines is 1. The van der Waals surface area contributed by atoms with E-state index in [-0.39, 0.29) is 0 Å². The summed E-state index contributed by atoms with van der Waals surface area (Å²) in [6.45, 7) is 2.47. The zero-order valence-corrected chi connectivity index (χ0v) is 16.5. The fourth-order valence-corrected chi connectivity index (χ4v) is 5.44. The van der Waals surface area contributed by atoms with Crippen LogP contribution in [-0.4, -0.2) is 34.7 Å². The summed E-state index contributed by atoms with van der Waals surface area (Å²) in [7, 11) is -3.32. The van der Waals surface area contributed by atoms with Crippen LogP contribution in [0.1, 0.15) is 37.9 Å². The molecule has 0 amide bonds. The lowest BCUT2D eigenvalue weighted by atomic mass is 9.82. The van der Waals surface area contributed by atoms with E-state index < -0.39 is 15.6 Å². The van der Waals surface area contributed by atoms with E-state index in [1.165, 1.54) is 6.26 Å². The largest absolute Gasteiger partial charge is 0.382 e. The Bertz CT molecular complexity index is 1110. The molecule has 3 N–H and O–H groups in total. The summed E-state index contributed by atoms with van der Waals surface area (Å²) < 4.78 is 29.2. The Morgan fingerprint density at radius 3 is 2.59 bits per heavy atom. The van der Waals surface area contributed by atoms with Crippen molar-refractivity contribution in [1.82, 2.24) is 19.3 Å². The van der Waals surface area contributed by atoms with Gasteiger partial charge in [-0.25, -0.2) is 23.1 Å². The Morgan fingerprint density at radius 2 is 1.89 bits per heavy atom. The van der Waals surface area contributed by atoms with E-state index in [1.807, 2.05) is 31.2 Å². The number of nitrogens with one attached hydrogen (secondary N) is 1. The molecule has 1 saturated carbocycles. The molecule has 0 atom stereocenters. The molecule has 0 radical (unpaired) electrons. The Kier molecular flexibility index (Phi) is 4.35. The normalized spacial score (nSPS) is 17.6. The van der Waals surface area contributed by atoms with Crippen LogP contribution in [0.4, 0.5) is 5.82 Å². The number of para-hydroxylation sites is 1. The SMILES string of the molecule is Cc1nc2c(N)nc3ccccc3c2n1CC1(NS(C)(=O)=O)CCCCC1. The topological polar surface area (TPSA) is 103 Å². The highest BCUT2D eigenvalue weighted by molar-refractivity contribution is 7.88. The van der Waals surface area contributed by atoms with Crippen molar-refractivity contribution in [2.24, 2.45) is 0 Å². The fourth-order valence-electron chi connectivity index (χ4n) is 4.38. The summed E-state index contributed by atoms with van der Waals surface area (Å²) >= 11 is 0. The Morgan fingerprint density at radius 1 is 1.19 bits per heavy atom. The molecule has 1 fully saturated rings. The van der Waals surface area contributed by atoms with Crippen molar-refractivity contribution in [3.8, 4) is 0 Å². The first-order valence-corrected chi connectivity index (χ1v) is 11.2. The van der Waals surface area contributed by atoms with Gasteiger partial charge in [-0.3, -0.25) is 0 Å². The third-order valence-corrected chi connectivity index (χ3v) is 6.28. The lowest BCUT2D eigenvalue weighted by Gasteiger charge is -2.38. The van der Waals surface area contributed by atoms with Gasteiger partial charge in [0.15, 0.2) is 5.82 Å². The average molecular weight is 388 g/mol. The van der Waals surface area contributed by atoms with Gasteiger partial charge in [0.25, 0.3) is 0 Å². The maximum atomic E-state index is 12.1. The van der Waals surface area contributed by atoms with Crippen molar-refractivity contribution in [3.05, 3.63) is 30.1 Å². The molecule has 4 rings (SSSR count). The molecule has 1 aliphatic rings. The van der Waals surface area contributed by atoms with Gasteiger partial charge in [0.05, 0.1) is 22.8 Å². The van der Waals surface area contributed by atoms with Gasteiger partial charge in [0, 0.05) is 11.9 Å². The number of nitrogens with zero attached hydrogens (tertiary/aromatic N) is 3. The number of aromatic nitrogens is 3. The molecule has 2 heterocycles. The molecule has 0 aliphatic heterocycles. The van der Waals surface area contributed by atoms with Crippen molar-refractivity contribution < 1.29 is 8.42 Å². The first-order valence-electron chi connectivity index (χ1n) is 9.28. The lowest BCUT2D eigenvalue weighted by molar-refractivity contribution is 0.237. The van der Waals surface area contributed by atoms with Gasteiger partial charge in [0.1, 0.15) is 11.3 Å². The van der Waals surface area contributed by atoms with Crippen LogP contribution in [0.25, 0.3) is 21.9 Å². The third kappa shape index (κ3) is 3.39. The molecule has 8 heteroatoms. The number of imidazole rings is 1. The molecule has 0 spiro atoms. The number of benzene rings is 1. The summed E-state index contributed by atoms with van der Waals surface area (Å²) in [6, 6.07) is 7.85. The average Bonchev–Trinajstić information content (AvgIpc) is 2.91. The second kappa shape index (κ2) is 6.45. The number of nitrogen functional groups attached to an aromatic ring is 1. The number of sulfonamides is 1. The predicted molar refractivity (Wildman–Crippen MR) is 108 cm³/mol. The van der Waals surface area contributed by atoms with Gasteiger partial charge >= 0.3 is 0 Å². The first kappa shape index (κ1) is 18.2. The molecule has 1 aromatic carbocycles. The number of nitrogens with two attached hydrogens (primary N) is 1. The van der Waals surface area contributed by atoms with Gasteiger partial charge < -0.3 is 10.3 Å². The van der Waals surface area contributed by atoms with Gasteiger partial charge in [-0.05, 0) is 25.8 Å². The fraction of sp³-hybridized carbons (Fsp3) is 0.474. The molecule has 0 unspecified atom stereocenters. The first-order chi connectivity index (χ1) is 12.8. The van der Waals surface area contributed by atoms with E-state index in [0.29, 0.717) is 17.9 Å². The number of hydrogen-bond acceptors (Lipinski definition) is 5. The van der Waals surface area contributed by atoms with Crippen molar-refractivity contribution in [1.29, 1.82) is 0 Å². The van der Waals surface area contributed by atoms with E-state index in [9.17, 15) is 8.42 Å². The van der Waals surface area contributed by atoms with Crippen molar-refractivity contribution in [3.63, 3.8) is 0 Å². The monoisotopic (exact) mass is 387 g/mol. The van der Waals surface area contributed by atoms with E-state index in [2.05, 4.69) is 19.3 Å². The molecule has 1 aliphatic carbocycles. The number of rotatable bonds is 4. The maximum absolute atomic E-state index is 12.1. The molecule has 144 valence electrons. The van der Waals surface area contributed by atoms with Gasteiger partial charge in [-0.1, -0.05) is 37.5 Å². The highest BCUT2D eigenvalue weighted by Crippen LogP contribution is 2.34. The van der Waals surface area contributed by atoms with Crippen LogP contribution in [0, 0.1) is 6.92 Å². The van der Waals surface area contributed by atoms with Crippen LogP contribution in [0.3, 0.4) is 0 Å². The van der Waals surface area contributed by atoms with Crippen LogP contribution < -0.4 is 10.5 Å². The van der Waals surface area contributed by atoms with Crippen LogP contribution >= 0.6 is 0 Å². The summed E-state index contributed by atoms with van der Waals surface area (Å²) in [5.41, 5.74) is 8.10. The molecule has 0 saturated heterocycles. The molecule has 27 heavy (non-hydrogen) atoms. The van der Waals surface area contributed by atoms with E-state index in [4.69, 9.17) is 5.73 Å². The summed E-state index contributed by atoms with van der Waals surface area (Å²) in [4.78, 5) is 9.13. The minimum atomic E-state index is -3.32. The quantitative estimate of drug-likeness (QED) is 0.716. The van der Waals surface area contributed by atoms with Gasteiger partial charge in [-0.2, -0.15) is 0 Å². The number of fused-ring (bicyclic) bond motifs is 3. The lowest BCUT2D eigenvalue weighted by Crippen LogP contribution is -2.52. The zero-order valence-electron chi connectivity index (χ0n) is 15.7. The van der Waals surface area contributed by atoms with Crippen molar-refractivity contribution >= 4 is 37.8 Å². The second-order valence-corrected chi connectivity index (χ2v) is 9.42. The second-order valence-electron chi connectivity index (χ2n) is 7.67. The predicted octanol–water partition coefficient (Wildman–Crippen LogP) is 2.73. The molecule has 2 aromatic heterocycles. The number of pyridine rings is 1. The highest BCUT2D eigenvalue weighted by atomic mass is 32.2. The minimum Gasteiger partial charge on any atom is -0.382 e. The van der Waals surface area contributed by atoms with E-state index in [1.54, 1.807) is 0 Å². The zero-order chi connectivity index (χ0) is 19.2. The summed E-state index contributed by atoms with van der Waals surface area (Å²) in [5.74, 6) is 1.22. The summed E-state index contributed by atoms with van der Waals surface area (Å²) in [5, 5.41) is 0.979. The highest BCUT2D eigenvalue weighted by Gasteiger charge is 2.36. The smallest absolute Gasteiger partial charge is 0.209 e. The van der Waals surface area contributed by atoms with Crippen LogP contribution in [0.15, 0.2) is 24.3 Å². The van der Waals surface area contributed by atoms with Crippen molar-refractivity contribution in [2.45, 2.75) is 51.1 Å². The van der Waals surface area contributed by atoms with Crippen molar-refractivity contribution in [2.75, 3.05) is 12.0 Å². The van der Waals surface area contributed by atoms with Gasteiger partial charge in [0.2, 0.25) is 10.0 Å². The molecule has 7 nitrogen and oxygen atoms in total. The van der Waals surface area contributed by atoms with Gasteiger partial charge in [-0.15, -0.1) is 0 Å². The standard InChI is InChI=1S/C19H25N5O2S/c1-13-21-16-17(14-8-4-5-9-15(14)22-18(16)20)24(13)12-19(23-27(2,25)26)10-6-3-7-11-19/h4-5,8-9,23H,3,6-7,10-12H2,1-2H3,(H2,20,22). The third-order valence-electron chi connectivity index (χ3n) is 5.47. The number of hydrogen-bond donors (Lipinski definition) is 2. The Labute approximate surface area is 159 Å². The Balaban J connectivity index is 1.91. The number of aryl methyl sites for hydroxylation is 1. The van der Waals surface area contributed by atoms with Crippen LogP contribution in [-0.2, 0) is 16.6 Å². The van der Waals surface area contributed by atoms with E-state index >= 15 is 0 Å². The maximum Gasteiger partial charge on any atom is 0.209 e. The van der Waals surface area contributed by atoms with Crippen LogP contribution in [0.2, 0.25) is 0 Å². The molecular formula is C19H25N5O2S. The summed E-state index contributed by atoms with van der Waals surface area (Å²) in [6.07, 6.45) is 6.03. The van der Waals surface area contributed by atoms with E-state index in [0.717, 1.165) is 54.3 Å². The van der Waals surface area contributed by atoms with Crippen LogP contribution in [0.5, 0.6) is 0 Å².